The van der Waals surface area contributed by atoms with E-state index in [1.807, 2.05) is 12.1 Å². The minimum atomic E-state index is 0.131. The van der Waals surface area contributed by atoms with Crippen LogP contribution in [0.1, 0.15) is 61.7 Å². The van der Waals surface area contributed by atoms with Crippen LogP contribution in [0.2, 0.25) is 0 Å². The highest BCUT2D eigenvalue weighted by Crippen LogP contribution is 2.28. The van der Waals surface area contributed by atoms with Gasteiger partial charge in [0.2, 0.25) is 0 Å². The van der Waals surface area contributed by atoms with Crippen LogP contribution in [0, 0.1) is 5.92 Å². The van der Waals surface area contributed by atoms with E-state index in [1.165, 1.54) is 51.6 Å². The van der Waals surface area contributed by atoms with E-state index in [4.69, 9.17) is 4.74 Å². The molecule has 1 atom stereocenters. The summed E-state index contributed by atoms with van der Waals surface area (Å²) in [5, 5.41) is 0. The molecule has 0 unspecified atom stereocenters. The number of piperidine rings is 1. The highest BCUT2D eigenvalue weighted by Gasteiger charge is 2.30. The maximum Gasteiger partial charge on any atom is 0.254 e. The number of nitrogens with zero attached hydrogens (tertiary/aromatic N) is 3. The number of rotatable bonds is 6. The average molecular weight is 372 g/mol. The molecule has 148 valence electrons. The summed E-state index contributed by atoms with van der Waals surface area (Å²) in [7, 11) is 0. The van der Waals surface area contributed by atoms with Gasteiger partial charge in [0.1, 0.15) is 0 Å². The summed E-state index contributed by atoms with van der Waals surface area (Å²) in [6.07, 6.45) is 13.8. The number of hydrogen-bond acceptors (Lipinski definition) is 4. The lowest BCUT2D eigenvalue weighted by atomic mass is 9.94. The summed E-state index contributed by atoms with van der Waals surface area (Å²) < 4.78 is 5.83. The molecule has 5 heteroatoms. The number of ether oxygens (including phenoxy) is 1. The molecule has 1 aromatic rings. The quantitative estimate of drug-likeness (QED) is 0.769. The van der Waals surface area contributed by atoms with Crippen molar-refractivity contribution in [3.8, 4) is 0 Å². The van der Waals surface area contributed by atoms with Gasteiger partial charge in [-0.2, -0.15) is 0 Å². The lowest BCUT2D eigenvalue weighted by molar-refractivity contribution is 0.0429. The molecule has 2 saturated heterocycles. The Morgan fingerprint density at radius 1 is 1.04 bits per heavy atom. The summed E-state index contributed by atoms with van der Waals surface area (Å²) in [4.78, 5) is 21.9. The Bertz CT molecular complexity index is 589. The molecule has 4 rings (SSSR count). The minimum Gasteiger partial charge on any atom is -0.376 e. The van der Waals surface area contributed by atoms with Crippen molar-refractivity contribution in [1.82, 2.24) is 14.8 Å². The molecule has 0 aromatic carbocycles. The molecule has 2 aliphatic heterocycles. The van der Waals surface area contributed by atoms with Crippen LogP contribution >= 0.6 is 0 Å². The van der Waals surface area contributed by atoms with Crippen LogP contribution in [-0.4, -0.2) is 65.6 Å². The van der Waals surface area contributed by atoms with Gasteiger partial charge in [0.05, 0.1) is 6.10 Å². The zero-order valence-corrected chi connectivity index (χ0v) is 16.4. The number of pyridine rings is 1. The smallest absolute Gasteiger partial charge is 0.254 e. The van der Waals surface area contributed by atoms with Crippen LogP contribution in [0.3, 0.4) is 0 Å². The number of aromatic nitrogens is 1. The van der Waals surface area contributed by atoms with Crippen molar-refractivity contribution < 1.29 is 9.53 Å². The summed E-state index contributed by atoms with van der Waals surface area (Å²) in [6, 6.07) is 4.48. The molecular formula is C22H33N3O2. The molecule has 1 aliphatic carbocycles. The zero-order chi connectivity index (χ0) is 18.5. The Hall–Kier alpha value is -1.46. The maximum atomic E-state index is 13.1. The van der Waals surface area contributed by atoms with E-state index in [1.54, 1.807) is 12.4 Å². The Balaban J connectivity index is 1.36. The molecular weight excluding hydrogens is 338 g/mol. The summed E-state index contributed by atoms with van der Waals surface area (Å²) in [5.74, 6) is 0.737. The van der Waals surface area contributed by atoms with Crippen molar-refractivity contribution in [2.75, 3.05) is 32.8 Å². The third kappa shape index (κ3) is 4.88. The summed E-state index contributed by atoms with van der Waals surface area (Å²) in [6.45, 7) is 4.82. The van der Waals surface area contributed by atoms with Crippen LogP contribution in [0.25, 0.3) is 0 Å². The molecule has 0 bridgehead atoms. The highest BCUT2D eigenvalue weighted by atomic mass is 16.5. The van der Waals surface area contributed by atoms with Crippen LogP contribution in [0.4, 0.5) is 0 Å². The van der Waals surface area contributed by atoms with E-state index in [2.05, 4.69) is 14.8 Å². The lowest BCUT2D eigenvalue weighted by Gasteiger charge is -2.38. The Morgan fingerprint density at radius 3 is 2.44 bits per heavy atom. The van der Waals surface area contributed by atoms with Gasteiger partial charge in [0.25, 0.3) is 5.91 Å². The number of amides is 1. The largest absolute Gasteiger partial charge is 0.376 e. The number of carbonyl (C=O) groups is 1. The molecule has 0 spiro atoms. The molecule has 5 nitrogen and oxygen atoms in total. The van der Waals surface area contributed by atoms with Gasteiger partial charge in [-0.05, 0) is 69.7 Å². The van der Waals surface area contributed by atoms with E-state index in [-0.39, 0.29) is 12.0 Å². The third-order valence-corrected chi connectivity index (χ3v) is 6.63. The Kier molecular flexibility index (Phi) is 6.40. The number of carbonyl (C=O) groups excluding carboxylic acids is 1. The monoisotopic (exact) mass is 371 g/mol. The number of likely N-dealkylation sites (tertiary alicyclic amines) is 1. The minimum absolute atomic E-state index is 0.131. The predicted molar refractivity (Wildman–Crippen MR) is 106 cm³/mol. The van der Waals surface area contributed by atoms with E-state index < -0.39 is 0 Å². The van der Waals surface area contributed by atoms with Crippen LogP contribution in [0.5, 0.6) is 0 Å². The van der Waals surface area contributed by atoms with Gasteiger partial charge in [-0.1, -0.05) is 12.8 Å². The molecule has 0 N–H and O–H groups in total. The van der Waals surface area contributed by atoms with Gasteiger partial charge < -0.3 is 14.5 Å². The van der Waals surface area contributed by atoms with Crippen LogP contribution < -0.4 is 0 Å². The fourth-order valence-corrected chi connectivity index (χ4v) is 5.03. The molecule has 3 aliphatic rings. The topological polar surface area (TPSA) is 45.7 Å². The molecule has 3 heterocycles. The molecule has 1 amide bonds. The summed E-state index contributed by atoms with van der Waals surface area (Å²) in [5.41, 5.74) is 0.742. The van der Waals surface area contributed by atoms with E-state index in [9.17, 15) is 4.79 Å². The van der Waals surface area contributed by atoms with Crippen LogP contribution in [0.15, 0.2) is 24.5 Å². The van der Waals surface area contributed by atoms with Gasteiger partial charge >= 0.3 is 0 Å². The SMILES string of the molecule is O=C(c1ccncc1)N(CC1CCN(C2CCCC2)CC1)C[C@H]1CCCO1. The van der Waals surface area contributed by atoms with Gasteiger partial charge in [-0.15, -0.1) is 0 Å². The second-order valence-corrected chi connectivity index (χ2v) is 8.50. The first-order valence-corrected chi connectivity index (χ1v) is 10.8. The lowest BCUT2D eigenvalue weighted by Crippen LogP contribution is -2.45. The number of hydrogen-bond donors (Lipinski definition) is 0. The zero-order valence-electron chi connectivity index (χ0n) is 16.4. The standard InChI is InChI=1S/C22H33N3O2/c26-22(19-7-11-23-12-8-19)25(17-21-6-3-15-27-21)16-18-9-13-24(14-10-18)20-4-1-2-5-20/h7-8,11-12,18,20-21H,1-6,9-10,13-17H2/t21-/m1/s1. The maximum absolute atomic E-state index is 13.1. The first-order chi connectivity index (χ1) is 13.3. The van der Waals surface area contributed by atoms with Crippen molar-refractivity contribution in [3.63, 3.8) is 0 Å². The Morgan fingerprint density at radius 2 is 1.78 bits per heavy atom. The van der Waals surface area contributed by atoms with E-state index >= 15 is 0 Å². The fourth-order valence-electron chi connectivity index (χ4n) is 5.03. The first kappa shape index (κ1) is 18.9. The van der Waals surface area contributed by atoms with Crippen molar-refractivity contribution in [2.45, 2.75) is 63.5 Å². The van der Waals surface area contributed by atoms with Crippen molar-refractivity contribution in [2.24, 2.45) is 5.92 Å². The van der Waals surface area contributed by atoms with Gasteiger partial charge in [-0.25, -0.2) is 0 Å². The first-order valence-electron chi connectivity index (χ1n) is 10.8. The van der Waals surface area contributed by atoms with Crippen molar-refractivity contribution >= 4 is 5.91 Å². The molecule has 27 heavy (non-hydrogen) atoms. The molecule has 3 fully saturated rings. The van der Waals surface area contributed by atoms with Gasteiger partial charge in [0, 0.05) is 43.7 Å². The van der Waals surface area contributed by atoms with E-state index in [0.717, 1.165) is 44.1 Å². The van der Waals surface area contributed by atoms with E-state index in [0.29, 0.717) is 5.92 Å². The predicted octanol–water partition coefficient (Wildman–Crippen LogP) is 3.36. The van der Waals surface area contributed by atoms with Gasteiger partial charge in [-0.3, -0.25) is 9.78 Å². The third-order valence-electron chi connectivity index (χ3n) is 6.63. The highest BCUT2D eigenvalue weighted by molar-refractivity contribution is 5.94. The summed E-state index contributed by atoms with van der Waals surface area (Å²) >= 11 is 0. The van der Waals surface area contributed by atoms with Gasteiger partial charge in [0.15, 0.2) is 0 Å². The molecule has 1 aromatic heterocycles. The molecule has 0 radical (unpaired) electrons. The normalized spacial score (nSPS) is 25.1. The second kappa shape index (κ2) is 9.16. The van der Waals surface area contributed by atoms with Crippen molar-refractivity contribution in [3.05, 3.63) is 30.1 Å². The second-order valence-electron chi connectivity index (χ2n) is 8.50. The Labute approximate surface area is 163 Å². The fraction of sp³-hybridized carbons (Fsp3) is 0.727. The average Bonchev–Trinajstić information content (AvgIpc) is 3.42. The van der Waals surface area contributed by atoms with Crippen molar-refractivity contribution in [1.29, 1.82) is 0 Å². The molecule has 1 saturated carbocycles. The van der Waals surface area contributed by atoms with Crippen LogP contribution in [-0.2, 0) is 4.74 Å².